The van der Waals surface area contributed by atoms with E-state index in [4.69, 9.17) is 0 Å². The van der Waals surface area contributed by atoms with Crippen LogP contribution in [-0.2, 0) is 0 Å². The Morgan fingerprint density at radius 1 is 1.21 bits per heavy atom. The van der Waals surface area contributed by atoms with E-state index in [2.05, 4.69) is 45.6 Å². The van der Waals surface area contributed by atoms with Crippen molar-refractivity contribution < 1.29 is 0 Å². The van der Waals surface area contributed by atoms with Crippen LogP contribution >= 0.6 is 0 Å². The van der Waals surface area contributed by atoms with E-state index in [1.54, 1.807) is 0 Å². The first-order chi connectivity index (χ1) is 6.65. The van der Waals surface area contributed by atoms with Gasteiger partial charge in [-0.05, 0) is 45.1 Å². The molecule has 0 radical (unpaired) electrons. The minimum absolute atomic E-state index is 0.796. The molecule has 0 spiro atoms. The summed E-state index contributed by atoms with van der Waals surface area (Å²) in [7, 11) is 0. The molecule has 0 aromatic rings. The van der Waals surface area contributed by atoms with E-state index in [0.717, 1.165) is 5.92 Å². The van der Waals surface area contributed by atoms with Gasteiger partial charge in [0.15, 0.2) is 0 Å². The van der Waals surface area contributed by atoms with Gasteiger partial charge in [-0.3, -0.25) is 0 Å². The van der Waals surface area contributed by atoms with E-state index in [9.17, 15) is 0 Å². The van der Waals surface area contributed by atoms with Crippen molar-refractivity contribution in [3.63, 3.8) is 0 Å². The van der Waals surface area contributed by atoms with Crippen molar-refractivity contribution in [3.05, 3.63) is 47.6 Å². The van der Waals surface area contributed by atoms with Crippen LogP contribution < -0.4 is 0 Å². The Bertz CT molecular complexity index is 292. The maximum atomic E-state index is 3.84. The summed E-state index contributed by atoms with van der Waals surface area (Å²) in [6.45, 7) is 10.3. The maximum absolute atomic E-state index is 3.84. The zero-order valence-electron chi connectivity index (χ0n) is 9.51. The van der Waals surface area contributed by atoms with Crippen molar-refractivity contribution in [2.24, 2.45) is 5.92 Å². The third-order valence-corrected chi connectivity index (χ3v) is 2.71. The molecule has 0 aromatic heterocycles. The van der Waals surface area contributed by atoms with E-state index in [-0.39, 0.29) is 0 Å². The van der Waals surface area contributed by atoms with E-state index in [1.165, 1.54) is 29.6 Å². The Hall–Kier alpha value is -1.04. The summed E-state index contributed by atoms with van der Waals surface area (Å²) in [5, 5.41) is 0. The van der Waals surface area contributed by atoms with Gasteiger partial charge in [-0.1, -0.05) is 42.0 Å². The second kappa shape index (κ2) is 4.99. The molecule has 0 bridgehead atoms. The molecule has 1 aliphatic rings. The maximum Gasteiger partial charge on any atom is -0.0162 e. The number of allylic oxidation sites excluding steroid dienone is 7. The molecule has 0 aliphatic heterocycles. The van der Waals surface area contributed by atoms with Crippen LogP contribution in [0, 0.1) is 5.92 Å². The van der Waals surface area contributed by atoms with Gasteiger partial charge in [0.1, 0.15) is 0 Å². The van der Waals surface area contributed by atoms with E-state index < -0.39 is 0 Å². The fraction of sp³-hybridized carbons (Fsp3) is 0.429. The molecule has 14 heavy (non-hydrogen) atoms. The summed E-state index contributed by atoms with van der Waals surface area (Å²) >= 11 is 0. The molecule has 0 aromatic carbocycles. The molecule has 0 heteroatoms. The fourth-order valence-corrected chi connectivity index (χ4v) is 1.26. The Morgan fingerprint density at radius 3 is 2.29 bits per heavy atom. The molecule has 76 valence electrons. The molecule has 0 amide bonds. The van der Waals surface area contributed by atoms with Crippen molar-refractivity contribution in [1.29, 1.82) is 0 Å². The summed E-state index contributed by atoms with van der Waals surface area (Å²) in [5.74, 6) is 0.796. The lowest BCUT2D eigenvalue weighted by Crippen LogP contribution is -1.78. The van der Waals surface area contributed by atoms with Gasteiger partial charge >= 0.3 is 0 Å². The minimum Gasteiger partial charge on any atom is -0.0988 e. The molecule has 0 saturated heterocycles. The molecule has 1 saturated carbocycles. The van der Waals surface area contributed by atoms with Gasteiger partial charge in [0.25, 0.3) is 0 Å². The van der Waals surface area contributed by atoms with Crippen molar-refractivity contribution in [3.8, 4) is 0 Å². The van der Waals surface area contributed by atoms with Gasteiger partial charge in [-0.25, -0.2) is 0 Å². The Balaban J connectivity index is 2.60. The topological polar surface area (TPSA) is 0 Å². The van der Waals surface area contributed by atoms with Crippen molar-refractivity contribution in [2.45, 2.75) is 33.6 Å². The van der Waals surface area contributed by atoms with E-state index >= 15 is 0 Å². The molecular formula is C14H20. The first kappa shape index (κ1) is 11.0. The SMILES string of the molecule is C=CC(=CC=CC(C)=C(C)C)C1CC1. The van der Waals surface area contributed by atoms with Gasteiger partial charge in [-0.2, -0.15) is 0 Å². The Labute approximate surface area is 87.7 Å². The van der Waals surface area contributed by atoms with Crippen LogP contribution in [0.5, 0.6) is 0 Å². The molecule has 1 aliphatic carbocycles. The zero-order chi connectivity index (χ0) is 10.6. The van der Waals surface area contributed by atoms with E-state index in [1.807, 2.05) is 6.08 Å². The van der Waals surface area contributed by atoms with Crippen molar-refractivity contribution in [1.82, 2.24) is 0 Å². The summed E-state index contributed by atoms with van der Waals surface area (Å²) in [4.78, 5) is 0. The van der Waals surface area contributed by atoms with Gasteiger partial charge in [0, 0.05) is 0 Å². The van der Waals surface area contributed by atoms with E-state index in [0.29, 0.717) is 0 Å². The molecule has 0 atom stereocenters. The van der Waals surface area contributed by atoms with Crippen LogP contribution in [-0.4, -0.2) is 0 Å². The first-order valence-electron chi connectivity index (χ1n) is 5.30. The highest BCUT2D eigenvalue weighted by molar-refractivity contribution is 5.31. The predicted molar refractivity (Wildman–Crippen MR) is 64.2 cm³/mol. The van der Waals surface area contributed by atoms with Crippen LogP contribution in [0.4, 0.5) is 0 Å². The molecule has 0 nitrogen and oxygen atoms in total. The fourth-order valence-electron chi connectivity index (χ4n) is 1.26. The summed E-state index contributed by atoms with van der Waals surface area (Å²) in [6, 6.07) is 0. The molecule has 0 N–H and O–H groups in total. The standard InChI is InChI=1S/C14H20/c1-5-13(14-9-10-14)8-6-7-12(4)11(2)3/h5-8,14H,1,9-10H2,2-4H3. The Kier molecular flexibility index (Phi) is 3.94. The molecule has 0 heterocycles. The van der Waals surface area contributed by atoms with Crippen LogP contribution in [0.3, 0.4) is 0 Å². The average molecular weight is 188 g/mol. The van der Waals surface area contributed by atoms with Gasteiger partial charge in [0.05, 0.1) is 0 Å². The largest absolute Gasteiger partial charge is 0.0988 e. The highest BCUT2D eigenvalue weighted by Crippen LogP contribution is 2.36. The second-order valence-electron chi connectivity index (χ2n) is 4.19. The first-order valence-corrected chi connectivity index (χ1v) is 5.30. The highest BCUT2D eigenvalue weighted by atomic mass is 14.3. The summed E-state index contributed by atoms with van der Waals surface area (Å²) < 4.78 is 0. The number of hydrogen-bond donors (Lipinski definition) is 0. The number of rotatable bonds is 4. The lowest BCUT2D eigenvalue weighted by atomic mass is 10.1. The third-order valence-electron chi connectivity index (χ3n) is 2.71. The smallest absolute Gasteiger partial charge is 0.0162 e. The summed E-state index contributed by atoms with van der Waals surface area (Å²) in [6.07, 6.45) is 11.2. The second-order valence-corrected chi connectivity index (χ2v) is 4.19. The van der Waals surface area contributed by atoms with Crippen molar-refractivity contribution in [2.75, 3.05) is 0 Å². The van der Waals surface area contributed by atoms with Crippen LogP contribution in [0.25, 0.3) is 0 Å². The van der Waals surface area contributed by atoms with Crippen molar-refractivity contribution >= 4 is 0 Å². The highest BCUT2D eigenvalue weighted by Gasteiger charge is 2.23. The van der Waals surface area contributed by atoms with Crippen LogP contribution in [0.1, 0.15) is 33.6 Å². The predicted octanol–water partition coefficient (Wildman–Crippen LogP) is 4.42. The number of hydrogen-bond acceptors (Lipinski definition) is 0. The minimum atomic E-state index is 0.796. The van der Waals surface area contributed by atoms with Crippen LogP contribution in [0.2, 0.25) is 0 Å². The van der Waals surface area contributed by atoms with Gasteiger partial charge < -0.3 is 0 Å². The Morgan fingerprint density at radius 2 is 1.86 bits per heavy atom. The normalized spacial score (nSPS) is 17.2. The van der Waals surface area contributed by atoms with Gasteiger partial charge in [-0.15, -0.1) is 0 Å². The zero-order valence-corrected chi connectivity index (χ0v) is 9.51. The average Bonchev–Trinajstić information content (AvgIpc) is 2.95. The third kappa shape index (κ3) is 3.37. The quantitative estimate of drug-likeness (QED) is 0.573. The van der Waals surface area contributed by atoms with Gasteiger partial charge in [0.2, 0.25) is 0 Å². The molecule has 0 unspecified atom stereocenters. The molecular weight excluding hydrogens is 168 g/mol. The lowest BCUT2D eigenvalue weighted by molar-refractivity contribution is 1.05. The molecule has 1 fully saturated rings. The monoisotopic (exact) mass is 188 g/mol. The van der Waals surface area contributed by atoms with Crippen LogP contribution in [0.15, 0.2) is 47.6 Å². The lowest BCUT2D eigenvalue weighted by Gasteiger charge is -1.96. The summed E-state index contributed by atoms with van der Waals surface area (Å²) in [5.41, 5.74) is 4.12. The molecule has 1 rings (SSSR count).